The van der Waals surface area contributed by atoms with E-state index in [2.05, 4.69) is 65.7 Å². The molecule has 0 aliphatic rings. The highest BCUT2D eigenvalue weighted by molar-refractivity contribution is 5.13. The fraction of sp³-hybridized carbons (Fsp3) is 0.679. The van der Waals surface area contributed by atoms with E-state index in [0.29, 0.717) is 0 Å². The number of rotatable bonds is 18. The number of hydrogen-bond donors (Lipinski definition) is 0. The maximum atomic E-state index is 2.52. The number of nitrogens with zero attached hydrogens (tertiary/aromatic N) is 2. The quantitative estimate of drug-likeness (QED) is 0.174. The topological polar surface area (TPSA) is 8.81 Å². The molecule has 0 aliphatic carbocycles. The van der Waals surface area contributed by atoms with Gasteiger partial charge >= 0.3 is 0 Å². The van der Waals surface area contributed by atoms with Gasteiger partial charge in [-0.3, -0.25) is 0 Å². The Hall–Kier alpha value is -1.57. The lowest BCUT2D eigenvalue weighted by atomic mass is 10.1. The van der Waals surface area contributed by atoms with Crippen molar-refractivity contribution < 1.29 is 4.57 Å². The van der Waals surface area contributed by atoms with Gasteiger partial charge < -0.3 is 0 Å². The summed E-state index contributed by atoms with van der Waals surface area (Å²) >= 11 is 0. The van der Waals surface area contributed by atoms with Gasteiger partial charge in [0.2, 0.25) is 0 Å². The van der Waals surface area contributed by atoms with E-state index in [9.17, 15) is 0 Å². The lowest BCUT2D eigenvalue weighted by Gasteiger charge is -2.06. The van der Waals surface area contributed by atoms with Crippen molar-refractivity contribution in [1.29, 1.82) is 0 Å². The lowest BCUT2D eigenvalue weighted by Crippen LogP contribution is -2.37. The Morgan fingerprint density at radius 3 is 1.87 bits per heavy atom. The Balaban J connectivity index is 1.73. The van der Waals surface area contributed by atoms with Crippen LogP contribution in [0.15, 0.2) is 42.7 Å². The second-order valence-corrected chi connectivity index (χ2v) is 9.01. The lowest BCUT2D eigenvalue weighted by molar-refractivity contribution is -0.695. The van der Waals surface area contributed by atoms with Gasteiger partial charge in [-0.05, 0) is 24.8 Å². The normalized spacial score (nSPS) is 11.3. The van der Waals surface area contributed by atoms with E-state index in [0.717, 1.165) is 6.54 Å². The molecular weight excluding hydrogens is 364 g/mol. The second kappa shape index (κ2) is 16.2. The smallest absolute Gasteiger partial charge is 0.234 e. The molecule has 0 aliphatic heterocycles. The fourth-order valence-electron chi connectivity index (χ4n) is 4.39. The number of benzene rings is 1. The van der Waals surface area contributed by atoms with Crippen LogP contribution in [0, 0.1) is 0 Å². The van der Waals surface area contributed by atoms with Gasteiger partial charge in [-0.25, -0.2) is 9.13 Å². The van der Waals surface area contributed by atoms with Crippen molar-refractivity contribution in [3.8, 4) is 0 Å². The third-order valence-corrected chi connectivity index (χ3v) is 6.29. The summed E-state index contributed by atoms with van der Waals surface area (Å²) < 4.78 is 5.01. The molecule has 2 aromatic rings. The SMILES string of the molecule is CCCCCCCCCCCCCc1n(CCCCC)cc[n+]1Cc1ccccc1. The van der Waals surface area contributed by atoms with Crippen LogP contribution in [0.4, 0.5) is 0 Å². The van der Waals surface area contributed by atoms with Gasteiger partial charge in [-0.2, -0.15) is 0 Å². The van der Waals surface area contributed by atoms with Crippen LogP contribution in [0.3, 0.4) is 0 Å². The molecule has 0 amide bonds. The molecule has 0 radical (unpaired) electrons. The highest BCUT2D eigenvalue weighted by atomic mass is 15.1. The summed E-state index contributed by atoms with van der Waals surface area (Å²) in [5.41, 5.74) is 1.40. The highest BCUT2D eigenvalue weighted by Gasteiger charge is 2.16. The number of hydrogen-bond acceptors (Lipinski definition) is 0. The van der Waals surface area contributed by atoms with Crippen LogP contribution < -0.4 is 4.57 Å². The number of aryl methyl sites for hydroxylation is 1. The van der Waals surface area contributed by atoms with Crippen molar-refractivity contribution in [3.63, 3.8) is 0 Å². The van der Waals surface area contributed by atoms with E-state index in [4.69, 9.17) is 0 Å². The Morgan fingerprint density at radius 1 is 0.667 bits per heavy atom. The predicted molar refractivity (Wildman–Crippen MR) is 130 cm³/mol. The average Bonchev–Trinajstić information content (AvgIpc) is 3.14. The maximum Gasteiger partial charge on any atom is 0.256 e. The van der Waals surface area contributed by atoms with E-state index in [-0.39, 0.29) is 0 Å². The molecule has 0 saturated carbocycles. The summed E-state index contributed by atoms with van der Waals surface area (Å²) in [5.74, 6) is 1.52. The van der Waals surface area contributed by atoms with Gasteiger partial charge in [0.1, 0.15) is 18.9 Å². The molecule has 168 valence electrons. The standard InChI is InChI=1S/C28H47N2/c1-3-5-7-8-9-10-11-12-13-14-18-22-28-29(23-19-6-4-2)24-25-30(28)26-27-20-16-15-17-21-27/h15-17,20-21,24-25H,3-14,18-19,22-23,26H2,1-2H3/q+1. The first-order valence-corrected chi connectivity index (χ1v) is 13.0. The van der Waals surface area contributed by atoms with Gasteiger partial charge in [-0.15, -0.1) is 0 Å². The van der Waals surface area contributed by atoms with Crippen LogP contribution in [0.2, 0.25) is 0 Å². The van der Waals surface area contributed by atoms with Gasteiger partial charge in [0.15, 0.2) is 0 Å². The maximum absolute atomic E-state index is 2.52. The molecule has 1 aromatic heterocycles. The summed E-state index contributed by atoms with van der Waals surface area (Å²) in [6.07, 6.45) is 25.3. The molecule has 1 heterocycles. The molecule has 0 N–H and O–H groups in total. The van der Waals surface area contributed by atoms with Crippen LogP contribution in [-0.4, -0.2) is 4.57 Å². The minimum atomic E-state index is 0.995. The van der Waals surface area contributed by atoms with Crippen LogP contribution >= 0.6 is 0 Å². The zero-order chi connectivity index (χ0) is 21.3. The monoisotopic (exact) mass is 411 g/mol. The zero-order valence-corrected chi connectivity index (χ0v) is 20.0. The van der Waals surface area contributed by atoms with Crippen molar-refractivity contribution in [2.24, 2.45) is 0 Å². The first-order chi connectivity index (χ1) is 14.8. The van der Waals surface area contributed by atoms with Crippen molar-refractivity contribution >= 4 is 0 Å². The summed E-state index contributed by atoms with van der Waals surface area (Å²) in [4.78, 5) is 0. The first-order valence-electron chi connectivity index (χ1n) is 13.0. The van der Waals surface area contributed by atoms with E-state index < -0.39 is 0 Å². The summed E-state index contributed by atoms with van der Waals surface area (Å²) in [6, 6.07) is 10.9. The first kappa shape index (κ1) is 24.7. The molecule has 2 nitrogen and oxygen atoms in total. The summed E-state index contributed by atoms with van der Waals surface area (Å²) in [5, 5.41) is 0. The molecule has 0 fully saturated rings. The highest BCUT2D eigenvalue weighted by Crippen LogP contribution is 2.13. The van der Waals surface area contributed by atoms with Crippen LogP contribution in [-0.2, 0) is 19.5 Å². The molecule has 0 spiro atoms. The van der Waals surface area contributed by atoms with Crippen LogP contribution in [0.25, 0.3) is 0 Å². The van der Waals surface area contributed by atoms with Crippen molar-refractivity contribution in [2.75, 3.05) is 0 Å². The van der Waals surface area contributed by atoms with Crippen molar-refractivity contribution in [1.82, 2.24) is 4.57 Å². The number of imidazole rings is 1. The van der Waals surface area contributed by atoms with Crippen molar-refractivity contribution in [2.45, 2.75) is 123 Å². The molecule has 0 atom stereocenters. The molecule has 0 bridgehead atoms. The third kappa shape index (κ3) is 9.96. The summed E-state index contributed by atoms with van der Waals surface area (Å²) in [6.45, 7) is 6.75. The Bertz CT molecular complexity index is 644. The zero-order valence-electron chi connectivity index (χ0n) is 20.0. The molecule has 30 heavy (non-hydrogen) atoms. The molecule has 2 heteroatoms. The molecular formula is C28H47N2+. The fourth-order valence-corrected chi connectivity index (χ4v) is 4.39. The number of aromatic nitrogens is 2. The minimum Gasteiger partial charge on any atom is -0.234 e. The largest absolute Gasteiger partial charge is 0.256 e. The number of unbranched alkanes of at least 4 members (excludes halogenated alkanes) is 12. The molecule has 0 saturated heterocycles. The Labute approximate surface area is 186 Å². The molecule has 0 unspecified atom stereocenters. The summed E-state index contributed by atoms with van der Waals surface area (Å²) in [7, 11) is 0. The van der Waals surface area contributed by atoms with E-state index >= 15 is 0 Å². The van der Waals surface area contributed by atoms with Gasteiger partial charge in [0.25, 0.3) is 5.82 Å². The minimum absolute atomic E-state index is 0.995. The molecule has 2 rings (SSSR count). The average molecular weight is 412 g/mol. The Morgan fingerprint density at radius 2 is 1.23 bits per heavy atom. The van der Waals surface area contributed by atoms with Gasteiger partial charge in [0, 0.05) is 6.42 Å². The van der Waals surface area contributed by atoms with Crippen molar-refractivity contribution in [3.05, 3.63) is 54.1 Å². The van der Waals surface area contributed by atoms with Crippen LogP contribution in [0.5, 0.6) is 0 Å². The van der Waals surface area contributed by atoms with Gasteiger partial charge in [0.05, 0.1) is 6.54 Å². The van der Waals surface area contributed by atoms with E-state index in [1.165, 1.54) is 114 Å². The predicted octanol–water partition coefficient (Wildman–Crippen LogP) is 7.87. The van der Waals surface area contributed by atoms with E-state index in [1.54, 1.807) is 0 Å². The second-order valence-electron chi connectivity index (χ2n) is 9.01. The van der Waals surface area contributed by atoms with Crippen LogP contribution in [0.1, 0.15) is 115 Å². The van der Waals surface area contributed by atoms with Gasteiger partial charge in [-0.1, -0.05) is 115 Å². The third-order valence-electron chi connectivity index (χ3n) is 6.29. The Kier molecular flexibility index (Phi) is 13.3. The molecule has 1 aromatic carbocycles. The van der Waals surface area contributed by atoms with E-state index in [1.807, 2.05) is 0 Å².